The SMILES string of the molecule is Cc1nc(C)n(CCCNC2CC2)n1. The molecule has 1 saturated carbocycles. The Morgan fingerprint density at radius 1 is 1.43 bits per heavy atom. The zero-order valence-corrected chi connectivity index (χ0v) is 8.95. The van der Waals surface area contributed by atoms with E-state index >= 15 is 0 Å². The Balaban J connectivity index is 1.70. The van der Waals surface area contributed by atoms with Crippen LogP contribution in [0.15, 0.2) is 0 Å². The average molecular weight is 194 g/mol. The van der Waals surface area contributed by atoms with Crippen LogP contribution in [-0.2, 0) is 6.54 Å². The van der Waals surface area contributed by atoms with E-state index in [1.54, 1.807) is 0 Å². The fourth-order valence-electron chi connectivity index (χ4n) is 1.60. The summed E-state index contributed by atoms with van der Waals surface area (Å²) >= 11 is 0. The van der Waals surface area contributed by atoms with Crippen LogP contribution >= 0.6 is 0 Å². The summed E-state index contributed by atoms with van der Waals surface area (Å²) in [6.07, 6.45) is 3.86. The van der Waals surface area contributed by atoms with E-state index in [4.69, 9.17) is 0 Å². The molecule has 0 aliphatic heterocycles. The molecule has 2 rings (SSSR count). The van der Waals surface area contributed by atoms with Crippen molar-refractivity contribution in [3.05, 3.63) is 11.6 Å². The van der Waals surface area contributed by atoms with Crippen LogP contribution in [0, 0.1) is 13.8 Å². The summed E-state index contributed by atoms with van der Waals surface area (Å²) in [7, 11) is 0. The van der Waals surface area contributed by atoms with Crippen LogP contribution in [0.25, 0.3) is 0 Å². The summed E-state index contributed by atoms with van der Waals surface area (Å²) in [6, 6.07) is 0.813. The normalized spacial score (nSPS) is 16.1. The molecule has 4 heteroatoms. The molecule has 1 aromatic heterocycles. The largest absolute Gasteiger partial charge is 0.314 e. The molecule has 1 aromatic rings. The van der Waals surface area contributed by atoms with Crippen LogP contribution in [-0.4, -0.2) is 27.4 Å². The summed E-state index contributed by atoms with van der Waals surface area (Å²) in [5.74, 6) is 1.89. The van der Waals surface area contributed by atoms with Crippen molar-refractivity contribution in [3.8, 4) is 0 Å². The van der Waals surface area contributed by atoms with Crippen LogP contribution in [0.4, 0.5) is 0 Å². The van der Waals surface area contributed by atoms with Crippen molar-refractivity contribution in [2.75, 3.05) is 6.54 Å². The maximum Gasteiger partial charge on any atom is 0.147 e. The molecule has 0 unspecified atom stereocenters. The number of nitrogens with one attached hydrogen (secondary N) is 1. The van der Waals surface area contributed by atoms with Gasteiger partial charge in [-0.1, -0.05) is 0 Å². The van der Waals surface area contributed by atoms with Crippen LogP contribution in [0.5, 0.6) is 0 Å². The number of hydrogen-bond acceptors (Lipinski definition) is 3. The topological polar surface area (TPSA) is 42.7 Å². The van der Waals surface area contributed by atoms with Crippen molar-refractivity contribution in [1.82, 2.24) is 20.1 Å². The van der Waals surface area contributed by atoms with Crippen molar-refractivity contribution >= 4 is 0 Å². The van der Waals surface area contributed by atoms with Crippen LogP contribution < -0.4 is 5.32 Å². The lowest BCUT2D eigenvalue weighted by Gasteiger charge is -2.03. The Hall–Kier alpha value is -0.900. The van der Waals surface area contributed by atoms with E-state index in [-0.39, 0.29) is 0 Å². The Morgan fingerprint density at radius 2 is 2.21 bits per heavy atom. The van der Waals surface area contributed by atoms with Gasteiger partial charge in [-0.05, 0) is 39.7 Å². The smallest absolute Gasteiger partial charge is 0.147 e. The second-order valence-corrected chi connectivity index (χ2v) is 4.01. The predicted octanol–water partition coefficient (Wildman–Crippen LogP) is 1.04. The number of aryl methyl sites for hydroxylation is 3. The quantitative estimate of drug-likeness (QED) is 0.712. The third kappa shape index (κ3) is 2.54. The van der Waals surface area contributed by atoms with Gasteiger partial charge in [-0.3, -0.25) is 4.68 Å². The summed E-state index contributed by atoms with van der Waals surface area (Å²) in [4.78, 5) is 4.27. The minimum absolute atomic E-state index is 0.813. The van der Waals surface area contributed by atoms with Gasteiger partial charge in [0.05, 0.1) is 0 Å². The minimum Gasteiger partial charge on any atom is -0.314 e. The molecular weight excluding hydrogens is 176 g/mol. The average Bonchev–Trinajstić information content (AvgIpc) is 2.88. The molecule has 0 aromatic carbocycles. The Morgan fingerprint density at radius 3 is 2.79 bits per heavy atom. The molecule has 1 heterocycles. The first-order chi connectivity index (χ1) is 6.75. The van der Waals surface area contributed by atoms with E-state index in [2.05, 4.69) is 15.4 Å². The van der Waals surface area contributed by atoms with Crippen molar-refractivity contribution in [2.24, 2.45) is 0 Å². The molecule has 0 saturated heterocycles. The lowest BCUT2D eigenvalue weighted by Crippen LogP contribution is -2.19. The zero-order chi connectivity index (χ0) is 9.97. The summed E-state index contributed by atoms with van der Waals surface area (Å²) < 4.78 is 1.99. The van der Waals surface area contributed by atoms with Gasteiger partial charge in [0.1, 0.15) is 11.6 Å². The fraction of sp³-hybridized carbons (Fsp3) is 0.800. The molecule has 4 nitrogen and oxygen atoms in total. The molecule has 0 radical (unpaired) electrons. The molecule has 1 aliphatic rings. The van der Waals surface area contributed by atoms with Gasteiger partial charge in [0.15, 0.2) is 0 Å². The predicted molar refractivity (Wildman–Crippen MR) is 55.1 cm³/mol. The third-order valence-electron chi connectivity index (χ3n) is 2.52. The minimum atomic E-state index is 0.813. The highest BCUT2D eigenvalue weighted by Crippen LogP contribution is 2.18. The lowest BCUT2D eigenvalue weighted by molar-refractivity contribution is 0.529. The Bertz CT molecular complexity index is 301. The number of hydrogen-bond donors (Lipinski definition) is 1. The molecule has 14 heavy (non-hydrogen) atoms. The maximum absolute atomic E-state index is 4.32. The van der Waals surface area contributed by atoms with E-state index in [9.17, 15) is 0 Å². The van der Waals surface area contributed by atoms with Crippen molar-refractivity contribution in [1.29, 1.82) is 0 Å². The van der Waals surface area contributed by atoms with E-state index in [1.165, 1.54) is 12.8 Å². The van der Waals surface area contributed by atoms with Gasteiger partial charge in [-0.25, -0.2) is 4.98 Å². The number of aromatic nitrogens is 3. The van der Waals surface area contributed by atoms with Gasteiger partial charge in [0.2, 0.25) is 0 Å². The maximum atomic E-state index is 4.32. The molecular formula is C10H18N4. The van der Waals surface area contributed by atoms with Crippen LogP contribution in [0.1, 0.15) is 30.9 Å². The van der Waals surface area contributed by atoms with Gasteiger partial charge in [-0.2, -0.15) is 5.10 Å². The fourth-order valence-corrected chi connectivity index (χ4v) is 1.60. The van der Waals surface area contributed by atoms with Crippen LogP contribution in [0.2, 0.25) is 0 Å². The zero-order valence-electron chi connectivity index (χ0n) is 8.95. The van der Waals surface area contributed by atoms with Gasteiger partial charge >= 0.3 is 0 Å². The number of rotatable bonds is 5. The van der Waals surface area contributed by atoms with E-state index < -0.39 is 0 Å². The Kier molecular flexibility index (Phi) is 2.82. The summed E-state index contributed by atoms with van der Waals surface area (Å²) in [5, 5.41) is 7.81. The highest BCUT2D eigenvalue weighted by Gasteiger charge is 2.19. The molecule has 0 spiro atoms. The van der Waals surface area contributed by atoms with Gasteiger partial charge in [-0.15, -0.1) is 0 Å². The lowest BCUT2D eigenvalue weighted by atomic mass is 10.4. The molecule has 0 bridgehead atoms. The third-order valence-corrected chi connectivity index (χ3v) is 2.52. The summed E-state index contributed by atoms with van der Waals surface area (Å²) in [5.41, 5.74) is 0. The standard InChI is InChI=1S/C10H18N4/c1-8-12-9(2)14(13-8)7-3-6-11-10-4-5-10/h10-11H,3-7H2,1-2H3. The highest BCUT2D eigenvalue weighted by atomic mass is 15.3. The van der Waals surface area contributed by atoms with Crippen molar-refractivity contribution in [3.63, 3.8) is 0 Å². The molecule has 1 N–H and O–H groups in total. The number of nitrogens with zero attached hydrogens (tertiary/aromatic N) is 3. The van der Waals surface area contributed by atoms with Gasteiger partial charge in [0.25, 0.3) is 0 Å². The molecule has 0 amide bonds. The van der Waals surface area contributed by atoms with Crippen LogP contribution in [0.3, 0.4) is 0 Å². The Labute approximate surface area is 84.7 Å². The van der Waals surface area contributed by atoms with Gasteiger partial charge < -0.3 is 5.32 Å². The van der Waals surface area contributed by atoms with E-state index in [1.807, 2.05) is 18.5 Å². The van der Waals surface area contributed by atoms with Gasteiger partial charge in [0, 0.05) is 12.6 Å². The second-order valence-electron chi connectivity index (χ2n) is 4.01. The highest BCUT2D eigenvalue weighted by molar-refractivity contribution is 4.87. The van der Waals surface area contributed by atoms with Crippen molar-refractivity contribution < 1.29 is 0 Å². The molecule has 1 aliphatic carbocycles. The second kappa shape index (κ2) is 4.09. The first kappa shape index (κ1) is 9.65. The van der Waals surface area contributed by atoms with E-state index in [0.717, 1.165) is 37.2 Å². The molecule has 0 atom stereocenters. The first-order valence-electron chi connectivity index (χ1n) is 5.37. The molecule has 1 fully saturated rings. The first-order valence-corrected chi connectivity index (χ1v) is 5.37. The van der Waals surface area contributed by atoms with E-state index in [0.29, 0.717) is 0 Å². The monoisotopic (exact) mass is 194 g/mol. The molecule has 78 valence electrons. The van der Waals surface area contributed by atoms with Crippen molar-refractivity contribution in [2.45, 2.75) is 45.7 Å². The summed E-state index contributed by atoms with van der Waals surface area (Å²) in [6.45, 7) is 6.02.